The zero-order valence-electron chi connectivity index (χ0n) is 21.9. The van der Waals surface area contributed by atoms with Crippen LogP contribution in [0.3, 0.4) is 0 Å². The summed E-state index contributed by atoms with van der Waals surface area (Å²) in [5.41, 5.74) is 3.34. The van der Waals surface area contributed by atoms with Crippen molar-refractivity contribution in [1.29, 1.82) is 0 Å². The van der Waals surface area contributed by atoms with Crippen LogP contribution in [-0.2, 0) is 19.5 Å². The van der Waals surface area contributed by atoms with Gasteiger partial charge in [0.2, 0.25) is 5.95 Å². The van der Waals surface area contributed by atoms with Gasteiger partial charge in [0.1, 0.15) is 0 Å². The number of carbonyl (C=O) groups excluding carboxylic acids is 2. The second-order valence-electron chi connectivity index (χ2n) is 9.58. The van der Waals surface area contributed by atoms with E-state index in [1.807, 2.05) is 37.3 Å². The first kappa shape index (κ1) is 27.4. The molecule has 2 amide bonds. The van der Waals surface area contributed by atoms with Crippen molar-refractivity contribution in [2.24, 2.45) is 0 Å². The van der Waals surface area contributed by atoms with Gasteiger partial charge in [0.25, 0.3) is 17.4 Å². The van der Waals surface area contributed by atoms with E-state index in [1.54, 1.807) is 54.4 Å². The molecule has 0 bridgehead atoms. The molecular weight excluding hydrogens is 549 g/mol. The Balaban J connectivity index is 1.54. The summed E-state index contributed by atoms with van der Waals surface area (Å²) in [6.07, 6.45) is 0.337. The van der Waals surface area contributed by atoms with Gasteiger partial charge >= 0.3 is 0 Å². The molecule has 1 aromatic heterocycles. The van der Waals surface area contributed by atoms with Gasteiger partial charge in [-0.2, -0.15) is 0 Å². The lowest BCUT2D eigenvalue weighted by Crippen LogP contribution is -2.46. The van der Waals surface area contributed by atoms with Gasteiger partial charge in [-0.05, 0) is 61.4 Å². The number of carbonyl (C=O) groups is 2. The van der Waals surface area contributed by atoms with E-state index in [4.69, 9.17) is 28.2 Å². The third kappa shape index (κ3) is 5.46. The van der Waals surface area contributed by atoms with Gasteiger partial charge in [0, 0.05) is 36.3 Å². The summed E-state index contributed by atoms with van der Waals surface area (Å²) in [4.78, 5) is 46.0. The third-order valence-electron chi connectivity index (χ3n) is 6.95. The summed E-state index contributed by atoms with van der Waals surface area (Å²) in [5, 5.41) is 6.58. The van der Waals surface area contributed by atoms with Crippen LogP contribution >= 0.6 is 23.2 Å². The predicted molar refractivity (Wildman–Crippen MR) is 156 cm³/mol. The van der Waals surface area contributed by atoms with E-state index in [1.165, 1.54) is 4.57 Å². The van der Waals surface area contributed by atoms with Crippen molar-refractivity contribution in [2.45, 2.75) is 32.5 Å². The Bertz CT molecular complexity index is 1640. The summed E-state index contributed by atoms with van der Waals surface area (Å²) in [5.74, 6) is -0.0893. The van der Waals surface area contributed by atoms with Crippen molar-refractivity contribution in [3.8, 4) is 5.69 Å². The van der Waals surface area contributed by atoms with Crippen molar-refractivity contribution in [3.63, 3.8) is 0 Å². The topological polar surface area (TPSA) is 96.3 Å². The molecular formula is C30H27Cl2N5O3. The predicted octanol–water partition coefficient (Wildman–Crippen LogP) is 5.10. The van der Waals surface area contributed by atoms with E-state index in [0.717, 1.165) is 5.56 Å². The number of anilines is 1. The Morgan fingerprint density at radius 3 is 2.35 bits per heavy atom. The maximum Gasteiger partial charge on any atom is 0.263 e. The molecule has 0 unspecified atom stereocenters. The van der Waals surface area contributed by atoms with Crippen LogP contribution in [0.1, 0.15) is 44.5 Å². The van der Waals surface area contributed by atoms with E-state index in [0.29, 0.717) is 57.0 Å². The van der Waals surface area contributed by atoms with Crippen molar-refractivity contribution in [3.05, 3.63) is 121 Å². The maximum absolute atomic E-state index is 14.0. The minimum Gasteiger partial charge on any atom is -0.355 e. The molecule has 10 heteroatoms. The quantitative estimate of drug-likeness (QED) is 0.333. The average molecular weight is 576 g/mol. The lowest BCUT2D eigenvalue weighted by molar-refractivity contribution is 0.0653. The first-order valence-electron chi connectivity index (χ1n) is 12.8. The van der Waals surface area contributed by atoms with E-state index >= 15 is 0 Å². The SMILES string of the molecule is CNC(=O)c1ccc(-n2c(NCc3ccccc3)nc3c(c2=O)C[C@@H](C)N(C(=O)c2ccc(Cl)c(Cl)c2)C3)cc1. The average Bonchev–Trinajstić information content (AvgIpc) is 2.97. The van der Waals surface area contributed by atoms with Gasteiger partial charge in [-0.1, -0.05) is 53.5 Å². The molecule has 4 aromatic rings. The number of fused-ring (bicyclic) bond motifs is 1. The molecule has 0 saturated heterocycles. The van der Waals surface area contributed by atoms with E-state index in [9.17, 15) is 14.4 Å². The van der Waals surface area contributed by atoms with Crippen LogP contribution in [0.25, 0.3) is 5.69 Å². The monoisotopic (exact) mass is 575 g/mol. The molecule has 2 N–H and O–H groups in total. The Kier molecular flexibility index (Phi) is 7.91. The van der Waals surface area contributed by atoms with Crippen LogP contribution in [0.2, 0.25) is 10.0 Å². The van der Waals surface area contributed by atoms with Gasteiger partial charge in [-0.25, -0.2) is 9.55 Å². The fourth-order valence-corrected chi connectivity index (χ4v) is 5.06. The van der Waals surface area contributed by atoms with Crippen molar-refractivity contribution < 1.29 is 9.59 Å². The normalized spacial score (nSPS) is 14.4. The van der Waals surface area contributed by atoms with Gasteiger partial charge in [0.15, 0.2) is 0 Å². The van der Waals surface area contributed by atoms with Gasteiger partial charge in [-0.15, -0.1) is 0 Å². The molecule has 1 aliphatic heterocycles. The number of rotatable bonds is 6. The molecule has 0 radical (unpaired) electrons. The van der Waals surface area contributed by atoms with Gasteiger partial charge < -0.3 is 15.5 Å². The zero-order valence-corrected chi connectivity index (χ0v) is 23.5. The lowest BCUT2D eigenvalue weighted by atomic mass is 9.98. The standard InChI is InChI=1S/C30H27Cl2N5O3/c1-18-14-23-26(17-36(18)28(39)21-10-13-24(31)25(32)15-21)35-30(34-16-19-6-4-3-5-7-19)37(29(23)40)22-11-8-20(9-12-22)27(38)33-2/h3-13,15,18H,14,16-17H2,1-2H3,(H,33,38)(H,34,35)/t18-/m1/s1. The zero-order chi connectivity index (χ0) is 28.4. The number of nitrogens with one attached hydrogen (secondary N) is 2. The molecule has 2 heterocycles. The highest BCUT2D eigenvalue weighted by molar-refractivity contribution is 6.42. The van der Waals surface area contributed by atoms with Crippen LogP contribution in [-0.4, -0.2) is 39.4 Å². The molecule has 8 nitrogen and oxygen atoms in total. The van der Waals surface area contributed by atoms with Gasteiger partial charge in [-0.3, -0.25) is 14.4 Å². The summed E-state index contributed by atoms with van der Waals surface area (Å²) in [6.45, 7) is 2.51. The van der Waals surface area contributed by atoms with Gasteiger partial charge in [0.05, 0.1) is 28.0 Å². The third-order valence-corrected chi connectivity index (χ3v) is 7.69. The molecule has 40 heavy (non-hydrogen) atoms. The molecule has 0 aliphatic carbocycles. The Hall–Kier alpha value is -4.14. The molecule has 0 fully saturated rings. The second kappa shape index (κ2) is 11.5. The lowest BCUT2D eigenvalue weighted by Gasteiger charge is -2.34. The number of hydrogen-bond donors (Lipinski definition) is 2. The minimum atomic E-state index is -0.254. The van der Waals surface area contributed by atoms with E-state index in [-0.39, 0.29) is 30.0 Å². The Labute approximate surface area is 241 Å². The second-order valence-corrected chi connectivity index (χ2v) is 10.4. The van der Waals surface area contributed by atoms with Crippen molar-refractivity contribution in [2.75, 3.05) is 12.4 Å². The van der Waals surface area contributed by atoms with Crippen LogP contribution < -0.4 is 16.2 Å². The van der Waals surface area contributed by atoms with Crippen molar-refractivity contribution in [1.82, 2.24) is 19.8 Å². The molecule has 5 rings (SSSR count). The number of benzene rings is 3. The summed E-state index contributed by atoms with van der Waals surface area (Å²) < 4.78 is 1.53. The Morgan fingerprint density at radius 1 is 0.975 bits per heavy atom. The first-order chi connectivity index (χ1) is 19.3. The van der Waals surface area contributed by atoms with Crippen molar-refractivity contribution >= 4 is 41.0 Å². The van der Waals surface area contributed by atoms with E-state index in [2.05, 4.69) is 10.6 Å². The molecule has 0 saturated carbocycles. The van der Waals surface area contributed by atoms with E-state index < -0.39 is 0 Å². The molecule has 1 atom stereocenters. The number of nitrogens with zero attached hydrogens (tertiary/aromatic N) is 3. The summed E-state index contributed by atoms with van der Waals surface area (Å²) in [7, 11) is 1.57. The molecule has 3 aromatic carbocycles. The number of halogens is 2. The minimum absolute atomic E-state index is 0.168. The smallest absolute Gasteiger partial charge is 0.263 e. The fourth-order valence-electron chi connectivity index (χ4n) is 4.77. The maximum atomic E-state index is 14.0. The summed E-state index contributed by atoms with van der Waals surface area (Å²) in [6, 6.07) is 21.1. The highest BCUT2D eigenvalue weighted by Gasteiger charge is 2.32. The highest BCUT2D eigenvalue weighted by Crippen LogP contribution is 2.27. The number of aromatic nitrogens is 2. The van der Waals surface area contributed by atoms with Crippen LogP contribution in [0, 0.1) is 0 Å². The van der Waals surface area contributed by atoms with Crippen LogP contribution in [0.5, 0.6) is 0 Å². The van der Waals surface area contributed by atoms with Crippen LogP contribution in [0.4, 0.5) is 5.95 Å². The number of hydrogen-bond acceptors (Lipinski definition) is 5. The fraction of sp³-hybridized carbons (Fsp3) is 0.200. The summed E-state index contributed by atoms with van der Waals surface area (Å²) >= 11 is 12.2. The number of amides is 2. The van der Waals surface area contributed by atoms with Crippen LogP contribution in [0.15, 0.2) is 77.6 Å². The molecule has 0 spiro atoms. The molecule has 204 valence electrons. The first-order valence-corrected chi connectivity index (χ1v) is 13.5. The Morgan fingerprint density at radius 2 is 1.68 bits per heavy atom. The molecule has 1 aliphatic rings. The largest absolute Gasteiger partial charge is 0.355 e. The highest BCUT2D eigenvalue weighted by atomic mass is 35.5.